The summed E-state index contributed by atoms with van der Waals surface area (Å²) in [6, 6.07) is 0. The average Bonchev–Trinajstić information content (AvgIpc) is 2.54. The second-order valence-electron chi connectivity index (χ2n) is 7.17. The fourth-order valence-corrected chi connectivity index (χ4v) is 2.37. The summed E-state index contributed by atoms with van der Waals surface area (Å²) in [6.45, 7) is 5.81. The molecule has 0 spiro atoms. The zero-order valence-electron chi connectivity index (χ0n) is 16.1. The van der Waals surface area contributed by atoms with Gasteiger partial charge in [0.15, 0.2) is 0 Å². The molecule has 2 heteroatoms. The Hall–Kier alpha value is -1.31. The van der Waals surface area contributed by atoms with Gasteiger partial charge in [0.05, 0.1) is 5.41 Å². The predicted octanol–water partition coefficient (Wildman–Crippen LogP) is 7.08. The molecule has 2 nitrogen and oxygen atoms in total. The van der Waals surface area contributed by atoms with Crippen molar-refractivity contribution in [3.05, 3.63) is 36.5 Å². The van der Waals surface area contributed by atoms with E-state index < -0.39 is 11.4 Å². The summed E-state index contributed by atoms with van der Waals surface area (Å²) in [4.78, 5) is 11.0. The number of rotatable bonds is 15. The van der Waals surface area contributed by atoms with E-state index in [9.17, 15) is 4.79 Å². The molecule has 0 amide bonds. The van der Waals surface area contributed by atoms with Gasteiger partial charge in [-0.1, -0.05) is 75.5 Å². The number of unbranched alkanes of at least 4 members (excludes halogenated alkanes) is 6. The molecule has 0 aromatic carbocycles. The minimum atomic E-state index is -0.719. The van der Waals surface area contributed by atoms with E-state index >= 15 is 0 Å². The Morgan fingerprint density at radius 2 is 1.29 bits per heavy atom. The number of allylic oxidation sites excluding steroid dienone is 6. The van der Waals surface area contributed by atoms with E-state index in [4.69, 9.17) is 5.11 Å². The van der Waals surface area contributed by atoms with Crippen LogP contribution in [0.3, 0.4) is 0 Å². The summed E-state index contributed by atoms with van der Waals surface area (Å²) in [6.07, 6.45) is 26.0. The van der Waals surface area contributed by atoms with Gasteiger partial charge in [0.1, 0.15) is 0 Å². The van der Waals surface area contributed by atoms with Gasteiger partial charge in [-0.05, 0) is 52.4 Å². The van der Waals surface area contributed by atoms with Crippen molar-refractivity contribution in [2.24, 2.45) is 5.41 Å². The van der Waals surface area contributed by atoms with Gasteiger partial charge < -0.3 is 5.11 Å². The highest BCUT2D eigenvalue weighted by Gasteiger charge is 2.25. The molecule has 0 saturated heterocycles. The molecular weight excluding hydrogens is 296 g/mol. The molecule has 0 aliphatic carbocycles. The van der Waals surface area contributed by atoms with Gasteiger partial charge in [-0.2, -0.15) is 0 Å². The van der Waals surface area contributed by atoms with Crippen LogP contribution in [0, 0.1) is 5.41 Å². The highest BCUT2D eigenvalue weighted by Crippen LogP contribution is 2.22. The minimum Gasteiger partial charge on any atom is -0.481 e. The topological polar surface area (TPSA) is 37.3 Å². The van der Waals surface area contributed by atoms with E-state index in [1.54, 1.807) is 13.8 Å². The van der Waals surface area contributed by atoms with Crippen molar-refractivity contribution in [3.63, 3.8) is 0 Å². The SMILES string of the molecule is CCCCCCCCC=CCC=CCC=CCCC(C)(C)C(=O)O. The normalized spacial score (nSPS) is 12.8. The second kappa shape index (κ2) is 15.2. The zero-order chi connectivity index (χ0) is 18.1. The van der Waals surface area contributed by atoms with Crippen molar-refractivity contribution >= 4 is 5.97 Å². The smallest absolute Gasteiger partial charge is 0.309 e. The first-order chi connectivity index (χ1) is 11.5. The molecule has 24 heavy (non-hydrogen) atoms. The first-order valence-electron chi connectivity index (χ1n) is 9.69. The summed E-state index contributed by atoms with van der Waals surface area (Å²) >= 11 is 0. The zero-order valence-corrected chi connectivity index (χ0v) is 16.1. The number of carbonyl (C=O) groups is 1. The van der Waals surface area contributed by atoms with Gasteiger partial charge in [0, 0.05) is 0 Å². The molecule has 0 fully saturated rings. The van der Waals surface area contributed by atoms with Crippen LogP contribution in [-0.4, -0.2) is 11.1 Å². The van der Waals surface area contributed by atoms with Crippen LogP contribution < -0.4 is 0 Å². The fraction of sp³-hybridized carbons (Fsp3) is 0.682. The lowest BCUT2D eigenvalue weighted by molar-refractivity contribution is -0.147. The second-order valence-corrected chi connectivity index (χ2v) is 7.17. The standard InChI is InChI=1S/C22H38O2/c1-4-5-6-7-8-9-10-11-12-13-14-15-16-17-18-19-20-22(2,3)21(23)24/h11-12,14-15,17-18H,4-10,13,16,19-20H2,1-3H3,(H,23,24). The summed E-state index contributed by atoms with van der Waals surface area (Å²) in [5.74, 6) is -0.719. The Balaban J connectivity index is 3.50. The molecule has 0 atom stereocenters. The summed E-state index contributed by atoms with van der Waals surface area (Å²) in [7, 11) is 0. The molecule has 0 rings (SSSR count). The van der Waals surface area contributed by atoms with Gasteiger partial charge in [-0.15, -0.1) is 0 Å². The van der Waals surface area contributed by atoms with Gasteiger partial charge in [-0.25, -0.2) is 0 Å². The van der Waals surface area contributed by atoms with Crippen molar-refractivity contribution in [2.75, 3.05) is 0 Å². The Kier molecular flexibility index (Phi) is 14.4. The summed E-state index contributed by atoms with van der Waals surface area (Å²) in [5, 5.41) is 9.03. The van der Waals surface area contributed by atoms with Crippen LogP contribution in [0.1, 0.15) is 91.4 Å². The molecule has 0 aliphatic heterocycles. The third-order valence-electron chi connectivity index (χ3n) is 4.28. The fourth-order valence-electron chi connectivity index (χ4n) is 2.37. The lowest BCUT2D eigenvalue weighted by atomic mass is 9.88. The molecule has 0 heterocycles. The molecular formula is C22H38O2. The van der Waals surface area contributed by atoms with Gasteiger partial charge in [-0.3, -0.25) is 4.79 Å². The van der Waals surface area contributed by atoms with Crippen LogP contribution in [0.4, 0.5) is 0 Å². The monoisotopic (exact) mass is 334 g/mol. The van der Waals surface area contributed by atoms with Crippen LogP contribution in [-0.2, 0) is 4.79 Å². The van der Waals surface area contributed by atoms with Crippen LogP contribution in [0.15, 0.2) is 36.5 Å². The van der Waals surface area contributed by atoms with Crippen LogP contribution in [0.2, 0.25) is 0 Å². The molecule has 0 aromatic heterocycles. The Morgan fingerprint density at radius 3 is 1.88 bits per heavy atom. The number of hydrogen-bond donors (Lipinski definition) is 1. The van der Waals surface area contributed by atoms with E-state index in [-0.39, 0.29) is 0 Å². The van der Waals surface area contributed by atoms with E-state index in [1.807, 2.05) is 0 Å². The van der Waals surface area contributed by atoms with Crippen molar-refractivity contribution in [1.82, 2.24) is 0 Å². The molecule has 138 valence electrons. The van der Waals surface area contributed by atoms with Crippen molar-refractivity contribution in [2.45, 2.75) is 91.4 Å². The lowest BCUT2D eigenvalue weighted by Crippen LogP contribution is -2.22. The van der Waals surface area contributed by atoms with E-state index in [1.165, 1.54) is 44.9 Å². The van der Waals surface area contributed by atoms with E-state index in [0.717, 1.165) is 19.3 Å². The highest BCUT2D eigenvalue weighted by molar-refractivity contribution is 5.73. The van der Waals surface area contributed by atoms with E-state index in [2.05, 4.69) is 43.4 Å². The van der Waals surface area contributed by atoms with Crippen LogP contribution in [0.5, 0.6) is 0 Å². The van der Waals surface area contributed by atoms with Crippen molar-refractivity contribution in [1.29, 1.82) is 0 Å². The molecule has 1 N–H and O–H groups in total. The number of carboxylic acids is 1. The maximum Gasteiger partial charge on any atom is 0.309 e. The van der Waals surface area contributed by atoms with E-state index in [0.29, 0.717) is 6.42 Å². The average molecular weight is 335 g/mol. The first-order valence-corrected chi connectivity index (χ1v) is 9.69. The maximum atomic E-state index is 11.0. The molecule has 0 saturated carbocycles. The lowest BCUT2D eigenvalue weighted by Gasteiger charge is -2.17. The molecule has 0 aromatic rings. The molecule has 0 radical (unpaired) electrons. The maximum absolute atomic E-state index is 11.0. The molecule has 0 bridgehead atoms. The number of carboxylic acid groups (broad SMARTS) is 1. The third kappa shape index (κ3) is 14.3. The van der Waals surface area contributed by atoms with Crippen LogP contribution >= 0.6 is 0 Å². The van der Waals surface area contributed by atoms with Gasteiger partial charge in [0.2, 0.25) is 0 Å². The Bertz CT molecular complexity index is 389. The Morgan fingerprint density at radius 1 is 0.792 bits per heavy atom. The molecule has 0 aliphatic rings. The quantitative estimate of drug-likeness (QED) is 0.257. The van der Waals surface area contributed by atoms with Crippen molar-refractivity contribution < 1.29 is 9.90 Å². The number of hydrogen-bond acceptors (Lipinski definition) is 1. The first kappa shape index (κ1) is 22.7. The molecule has 0 unspecified atom stereocenters. The van der Waals surface area contributed by atoms with Gasteiger partial charge in [0.25, 0.3) is 0 Å². The number of aliphatic carboxylic acids is 1. The van der Waals surface area contributed by atoms with Crippen LogP contribution in [0.25, 0.3) is 0 Å². The Labute approximate surface area is 149 Å². The largest absolute Gasteiger partial charge is 0.481 e. The summed E-state index contributed by atoms with van der Waals surface area (Å²) < 4.78 is 0. The van der Waals surface area contributed by atoms with Gasteiger partial charge >= 0.3 is 5.97 Å². The third-order valence-corrected chi connectivity index (χ3v) is 4.28. The summed E-state index contributed by atoms with van der Waals surface area (Å²) in [5.41, 5.74) is -0.624. The predicted molar refractivity (Wildman–Crippen MR) is 105 cm³/mol. The minimum absolute atomic E-state index is 0.624. The highest BCUT2D eigenvalue weighted by atomic mass is 16.4. The van der Waals surface area contributed by atoms with Crippen molar-refractivity contribution in [3.8, 4) is 0 Å².